The van der Waals surface area contributed by atoms with Crippen molar-refractivity contribution in [3.63, 3.8) is 0 Å². The number of anilines is 2. The number of hydrogen-bond acceptors (Lipinski definition) is 7. The van der Waals surface area contributed by atoms with E-state index in [-0.39, 0.29) is 17.5 Å². The Hall–Kier alpha value is -3.08. The van der Waals surface area contributed by atoms with Crippen molar-refractivity contribution in [2.24, 2.45) is 0 Å². The van der Waals surface area contributed by atoms with E-state index in [4.69, 9.17) is 5.11 Å². The first-order valence-corrected chi connectivity index (χ1v) is 12.5. The number of carboxylic acid groups (broad SMARTS) is 1. The Labute approximate surface area is 193 Å². The summed E-state index contributed by atoms with van der Waals surface area (Å²) in [5.74, 6) is -1.18. The average Bonchev–Trinajstić information content (AvgIpc) is 2.77. The van der Waals surface area contributed by atoms with Crippen LogP contribution >= 0.6 is 0 Å². The molecule has 1 fully saturated rings. The maximum atomic E-state index is 11.4. The van der Waals surface area contributed by atoms with E-state index in [0.717, 1.165) is 49.5 Å². The Kier molecular flexibility index (Phi) is 7.96. The van der Waals surface area contributed by atoms with Crippen LogP contribution in [0.4, 0.5) is 11.4 Å². The van der Waals surface area contributed by atoms with Gasteiger partial charge in [-0.25, -0.2) is 13.2 Å². The molecular weight excluding hydrogens is 446 g/mol. The zero-order chi connectivity index (χ0) is 24.0. The molecule has 1 atom stereocenters. The number of nitrogens with zero attached hydrogens (tertiary/aromatic N) is 1. The molecule has 0 spiro atoms. The molecule has 2 aromatic rings. The summed E-state index contributed by atoms with van der Waals surface area (Å²) in [7, 11) is -3.55. The number of aliphatic hydroxyl groups is 1. The van der Waals surface area contributed by atoms with Crippen LogP contribution in [0.15, 0.2) is 48.5 Å². The summed E-state index contributed by atoms with van der Waals surface area (Å²) in [6.45, 7) is 2.00. The minimum Gasteiger partial charge on any atom is -0.506 e. The number of aromatic hydroxyl groups is 1. The van der Waals surface area contributed by atoms with Gasteiger partial charge in [-0.3, -0.25) is 4.72 Å². The smallest absolute Gasteiger partial charge is 0.328 e. The summed E-state index contributed by atoms with van der Waals surface area (Å²) in [5, 5.41) is 32.4. The van der Waals surface area contributed by atoms with Gasteiger partial charge in [0.05, 0.1) is 18.0 Å². The highest BCUT2D eigenvalue weighted by molar-refractivity contribution is 7.92. The van der Waals surface area contributed by atoms with Gasteiger partial charge >= 0.3 is 5.97 Å². The first-order chi connectivity index (χ1) is 15.6. The largest absolute Gasteiger partial charge is 0.506 e. The van der Waals surface area contributed by atoms with Crippen LogP contribution in [-0.2, 0) is 14.8 Å². The fourth-order valence-electron chi connectivity index (χ4n) is 3.74. The molecule has 1 heterocycles. The molecule has 0 aromatic heterocycles. The van der Waals surface area contributed by atoms with E-state index in [1.54, 1.807) is 12.1 Å². The summed E-state index contributed by atoms with van der Waals surface area (Å²) < 4.78 is 25.1. The number of carboxylic acids is 1. The van der Waals surface area contributed by atoms with E-state index in [1.165, 1.54) is 12.1 Å². The van der Waals surface area contributed by atoms with Crippen LogP contribution in [0.5, 0.6) is 5.75 Å². The molecule has 0 bridgehead atoms. The molecule has 9 nitrogen and oxygen atoms in total. The highest BCUT2D eigenvalue weighted by atomic mass is 32.2. The molecule has 33 heavy (non-hydrogen) atoms. The molecule has 0 radical (unpaired) electrons. The second kappa shape index (κ2) is 10.7. The number of aliphatic carboxylic acids is 1. The van der Waals surface area contributed by atoms with Gasteiger partial charge in [0.25, 0.3) is 0 Å². The van der Waals surface area contributed by atoms with Crippen LogP contribution < -0.4 is 14.9 Å². The Balaban J connectivity index is 1.49. The number of sulfonamides is 1. The molecule has 0 saturated carbocycles. The van der Waals surface area contributed by atoms with Crippen molar-refractivity contribution >= 4 is 33.4 Å². The summed E-state index contributed by atoms with van der Waals surface area (Å²) in [5.41, 5.74) is 2.44. The fraction of sp³-hybridized carbons (Fsp3) is 0.348. The highest BCUT2D eigenvalue weighted by Crippen LogP contribution is 2.28. The number of benzene rings is 2. The molecule has 0 amide bonds. The van der Waals surface area contributed by atoms with Crippen LogP contribution in [-0.4, -0.2) is 61.6 Å². The average molecular weight is 476 g/mol. The number of carbonyl (C=O) groups is 1. The van der Waals surface area contributed by atoms with E-state index in [2.05, 4.69) is 14.9 Å². The number of nitrogens with one attached hydrogen (secondary N) is 2. The minimum atomic E-state index is -3.55. The van der Waals surface area contributed by atoms with Crippen LogP contribution in [0.1, 0.15) is 30.1 Å². The summed E-state index contributed by atoms with van der Waals surface area (Å²) in [6.07, 6.45) is 4.60. The zero-order valence-corrected chi connectivity index (χ0v) is 19.1. The molecule has 1 saturated heterocycles. The van der Waals surface area contributed by atoms with E-state index in [0.29, 0.717) is 12.1 Å². The van der Waals surface area contributed by atoms with Crippen molar-refractivity contribution in [3.05, 3.63) is 59.7 Å². The van der Waals surface area contributed by atoms with Gasteiger partial charge in [-0.05, 0) is 54.3 Å². The third kappa shape index (κ3) is 7.48. The third-order valence-electron chi connectivity index (χ3n) is 5.47. The Morgan fingerprint density at radius 1 is 1.18 bits per heavy atom. The molecule has 3 rings (SSSR count). The molecule has 10 heteroatoms. The van der Waals surface area contributed by atoms with Crippen LogP contribution in [0.2, 0.25) is 0 Å². The third-order valence-corrected chi connectivity index (χ3v) is 6.06. The van der Waals surface area contributed by atoms with Crippen molar-refractivity contribution in [1.82, 2.24) is 5.32 Å². The lowest BCUT2D eigenvalue weighted by atomic mass is 10.0. The number of phenolic OH excluding ortho intramolecular Hbond substituents is 1. The summed E-state index contributed by atoms with van der Waals surface area (Å²) in [6, 6.07) is 12.3. The molecule has 1 aliphatic rings. The predicted molar refractivity (Wildman–Crippen MR) is 128 cm³/mol. The minimum absolute atomic E-state index is 0.0341. The van der Waals surface area contributed by atoms with Gasteiger partial charge in [-0.15, -0.1) is 0 Å². The lowest BCUT2D eigenvalue weighted by molar-refractivity contribution is -0.131. The van der Waals surface area contributed by atoms with E-state index in [1.807, 2.05) is 24.3 Å². The summed E-state index contributed by atoms with van der Waals surface area (Å²) >= 11 is 0. The monoisotopic (exact) mass is 475 g/mol. The topological polar surface area (TPSA) is 139 Å². The van der Waals surface area contributed by atoms with Crippen molar-refractivity contribution in [3.8, 4) is 5.75 Å². The van der Waals surface area contributed by atoms with Gasteiger partial charge < -0.3 is 25.5 Å². The van der Waals surface area contributed by atoms with Gasteiger partial charge in [-0.2, -0.15) is 0 Å². The number of piperidine rings is 1. The van der Waals surface area contributed by atoms with Crippen LogP contribution in [0.25, 0.3) is 6.08 Å². The normalized spacial score (nSPS) is 16.1. The van der Waals surface area contributed by atoms with Gasteiger partial charge in [0.15, 0.2) is 0 Å². The second-order valence-electron chi connectivity index (χ2n) is 8.10. The van der Waals surface area contributed by atoms with Gasteiger partial charge in [-0.1, -0.05) is 18.2 Å². The quantitative estimate of drug-likeness (QED) is 0.275. The van der Waals surface area contributed by atoms with Crippen molar-refractivity contribution in [2.75, 3.05) is 35.5 Å². The molecule has 0 unspecified atom stereocenters. The SMILES string of the molecule is CS(=O)(=O)Nc1cc([C@H](O)CNC2CCN(c3ccc(/C=C/C(=O)O)cc3)CC2)ccc1O. The van der Waals surface area contributed by atoms with Crippen molar-refractivity contribution < 1.29 is 28.5 Å². The predicted octanol–water partition coefficient (Wildman–Crippen LogP) is 2.15. The fourth-order valence-corrected chi connectivity index (χ4v) is 4.31. The van der Waals surface area contributed by atoms with E-state index in [9.17, 15) is 23.4 Å². The molecule has 5 N–H and O–H groups in total. The standard InChI is InChI=1S/C23H29N3O6S/c1-33(31,32)25-20-14-17(5-8-21(20)27)22(28)15-24-18-10-12-26(13-11-18)19-6-2-16(3-7-19)4-9-23(29)30/h2-9,14,18,22,24-25,27-28H,10-13,15H2,1H3,(H,29,30)/b9-4+/t22-/m1/s1. The molecule has 0 aliphatic carbocycles. The highest BCUT2D eigenvalue weighted by Gasteiger charge is 2.20. The van der Waals surface area contributed by atoms with Crippen LogP contribution in [0.3, 0.4) is 0 Å². The lowest BCUT2D eigenvalue weighted by Crippen LogP contribution is -2.43. The Morgan fingerprint density at radius 3 is 2.45 bits per heavy atom. The van der Waals surface area contributed by atoms with Gasteiger partial charge in [0.2, 0.25) is 10.0 Å². The van der Waals surface area contributed by atoms with Crippen LogP contribution in [0, 0.1) is 0 Å². The molecule has 2 aromatic carbocycles. The summed E-state index contributed by atoms with van der Waals surface area (Å²) in [4.78, 5) is 12.9. The number of phenols is 1. The zero-order valence-electron chi connectivity index (χ0n) is 18.3. The van der Waals surface area contributed by atoms with E-state index >= 15 is 0 Å². The maximum absolute atomic E-state index is 11.4. The number of aliphatic hydroxyl groups excluding tert-OH is 1. The number of rotatable bonds is 9. The Morgan fingerprint density at radius 2 is 1.85 bits per heavy atom. The van der Waals surface area contributed by atoms with Crippen molar-refractivity contribution in [2.45, 2.75) is 25.0 Å². The van der Waals surface area contributed by atoms with Gasteiger partial charge in [0, 0.05) is 37.4 Å². The second-order valence-corrected chi connectivity index (χ2v) is 9.85. The first-order valence-electron chi connectivity index (χ1n) is 10.6. The van der Waals surface area contributed by atoms with E-state index < -0.39 is 22.1 Å². The molecule has 1 aliphatic heterocycles. The van der Waals surface area contributed by atoms with Gasteiger partial charge in [0.1, 0.15) is 5.75 Å². The number of hydrogen-bond donors (Lipinski definition) is 5. The maximum Gasteiger partial charge on any atom is 0.328 e. The molecular formula is C23H29N3O6S. The van der Waals surface area contributed by atoms with Crippen molar-refractivity contribution in [1.29, 1.82) is 0 Å². The Bertz CT molecular complexity index is 1090. The first kappa shape index (κ1) is 24.6. The lowest BCUT2D eigenvalue weighted by Gasteiger charge is -2.34. The molecule has 178 valence electrons.